The number of hydrogen-bond acceptors (Lipinski definition) is 9. The zero-order valence-electron chi connectivity index (χ0n) is 28.4. The van der Waals surface area contributed by atoms with E-state index in [2.05, 4.69) is 27.8 Å². The number of carbonyl (C=O) groups is 2. The van der Waals surface area contributed by atoms with Crippen molar-refractivity contribution < 1.29 is 28.9 Å². The van der Waals surface area contributed by atoms with Crippen LogP contribution in [0.3, 0.4) is 0 Å². The van der Waals surface area contributed by atoms with Crippen molar-refractivity contribution in [3.63, 3.8) is 0 Å². The SMILES string of the molecule is COc1nc(-c2cccc(-c3cccc4c3CC[C@@H]4Oc3nc(OC)c(CN4CC(C(=O)O)C4)cc3Cl)c2Cl)ccc1CNC[C@@H]1CCC(=O)N1. The number of carboxylic acids is 1. The predicted octanol–water partition coefficient (Wildman–Crippen LogP) is 6.09. The van der Waals surface area contributed by atoms with Gasteiger partial charge in [0.05, 0.1) is 30.9 Å². The van der Waals surface area contributed by atoms with Gasteiger partial charge >= 0.3 is 5.97 Å². The lowest BCUT2D eigenvalue weighted by Gasteiger charge is -2.36. The number of ether oxygens (including phenoxy) is 3. The van der Waals surface area contributed by atoms with Crippen LogP contribution < -0.4 is 24.8 Å². The van der Waals surface area contributed by atoms with E-state index in [-0.39, 0.29) is 29.9 Å². The summed E-state index contributed by atoms with van der Waals surface area (Å²) >= 11 is 13.9. The van der Waals surface area contributed by atoms with Gasteiger partial charge in [-0.2, -0.15) is 4.98 Å². The molecule has 0 bridgehead atoms. The third-order valence-corrected chi connectivity index (χ3v) is 10.5. The van der Waals surface area contributed by atoms with E-state index in [1.54, 1.807) is 20.3 Å². The van der Waals surface area contributed by atoms with Crippen molar-refractivity contribution in [3.05, 3.63) is 86.9 Å². The highest BCUT2D eigenvalue weighted by molar-refractivity contribution is 6.36. The molecule has 2 aromatic heterocycles. The van der Waals surface area contributed by atoms with Gasteiger partial charge in [0.2, 0.25) is 23.5 Å². The number of hydrogen-bond donors (Lipinski definition) is 3. The number of likely N-dealkylation sites (tertiary alicyclic amines) is 1. The van der Waals surface area contributed by atoms with Gasteiger partial charge in [-0.1, -0.05) is 65.7 Å². The number of methoxy groups -OCH3 is 2. The number of rotatable bonds is 13. The molecule has 0 unspecified atom stereocenters. The van der Waals surface area contributed by atoms with Crippen molar-refractivity contribution in [1.29, 1.82) is 0 Å². The number of benzene rings is 2. The fourth-order valence-corrected chi connectivity index (χ4v) is 7.71. The molecule has 3 N–H and O–H groups in total. The highest BCUT2D eigenvalue weighted by atomic mass is 35.5. The Kier molecular flexibility index (Phi) is 10.3. The van der Waals surface area contributed by atoms with Gasteiger partial charge < -0.3 is 30.0 Å². The second kappa shape index (κ2) is 15.1. The maximum atomic E-state index is 11.5. The number of carbonyl (C=O) groups excluding carboxylic acids is 1. The van der Waals surface area contributed by atoms with E-state index in [0.29, 0.717) is 66.6 Å². The summed E-state index contributed by atoms with van der Waals surface area (Å²) in [6.07, 6.45) is 2.65. The molecule has 4 heterocycles. The van der Waals surface area contributed by atoms with Crippen LogP contribution in [-0.4, -0.2) is 71.7 Å². The second-order valence-electron chi connectivity index (χ2n) is 13.2. The monoisotopic (exact) mass is 731 g/mol. The topological polar surface area (TPSA) is 135 Å². The van der Waals surface area contributed by atoms with Crippen LogP contribution in [0.1, 0.15) is 47.6 Å². The molecule has 1 aliphatic carbocycles. The summed E-state index contributed by atoms with van der Waals surface area (Å²) in [6, 6.07) is 18.0. The molecule has 13 heteroatoms. The lowest BCUT2D eigenvalue weighted by atomic mass is 9.94. The molecule has 7 rings (SSSR count). The zero-order valence-corrected chi connectivity index (χ0v) is 29.9. The summed E-state index contributed by atoms with van der Waals surface area (Å²) in [5.41, 5.74) is 7.31. The molecule has 1 amide bonds. The highest BCUT2D eigenvalue weighted by Gasteiger charge is 2.34. The fraction of sp³-hybridized carbons (Fsp3) is 0.368. The number of fused-ring (bicyclic) bond motifs is 1. The van der Waals surface area contributed by atoms with Gasteiger partial charge in [0.15, 0.2) is 0 Å². The first-order chi connectivity index (χ1) is 24.7. The minimum Gasteiger partial charge on any atom is -0.481 e. The molecule has 0 radical (unpaired) electrons. The average Bonchev–Trinajstić information content (AvgIpc) is 3.72. The molecular formula is C38H39Cl2N5O6. The first-order valence-corrected chi connectivity index (χ1v) is 17.8. The minimum atomic E-state index is -0.783. The van der Waals surface area contributed by atoms with Crippen LogP contribution in [0.5, 0.6) is 17.6 Å². The van der Waals surface area contributed by atoms with E-state index in [1.807, 2.05) is 41.3 Å². The van der Waals surface area contributed by atoms with Gasteiger partial charge in [0, 0.05) is 67.4 Å². The van der Waals surface area contributed by atoms with Crippen molar-refractivity contribution in [3.8, 4) is 40.0 Å². The summed E-state index contributed by atoms with van der Waals surface area (Å²) in [5.74, 6) is 0.165. The maximum absolute atomic E-state index is 11.5. The number of carboxylic acid groups (broad SMARTS) is 1. The Balaban J connectivity index is 1.08. The second-order valence-corrected chi connectivity index (χ2v) is 13.9. The Morgan fingerprint density at radius 3 is 2.43 bits per heavy atom. The molecule has 3 aliphatic rings. The van der Waals surface area contributed by atoms with E-state index < -0.39 is 5.97 Å². The predicted molar refractivity (Wildman–Crippen MR) is 193 cm³/mol. The van der Waals surface area contributed by atoms with Crippen LogP contribution in [-0.2, 0) is 29.1 Å². The third-order valence-electron chi connectivity index (χ3n) is 9.83. The highest BCUT2D eigenvalue weighted by Crippen LogP contribution is 2.45. The van der Waals surface area contributed by atoms with Crippen molar-refractivity contribution in [2.45, 2.75) is 50.9 Å². The average molecular weight is 733 g/mol. The van der Waals surface area contributed by atoms with Gasteiger partial charge in [-0.25, -0.2) is 4.98 Å². The van der Waals surface area contributed by atoms with Crippen LogP contribution in [0.15, 0.2) is 54.6 Å². The molecule has 2 aliphatic heterocycles. The first kappa shape index (κ1) is 35.0. The Labute approximate surface area is 306 Å². The fourth-order valence-electron chi connectivity index (χ4n) is 7.17. The number of pyridine rings is 2. The molecular weight excluding hydrogens is 693 g/mol. The summed E-state index contributed by atoms with van der Waals surface area (Å²) in [4.78, 5) is 34.2. The zero-order chi connectivity index (χ0) is 35.6. The lowest BCUT2D eigenvalue weighted by molar-refractivity contribution is -0.147. The molecule has 11 nitrogen and oxygen atoms in total. The number of nitrogens with zero attached hydrogens (tertiary/aromatic N) is 3. The summed E-state index contributed by atoms with van der Waals surface area (Å²) < 4.78 is 17.7. The number of aliphatic carboxylic acids is 1. The van der Waals surface area contributed by atoms with Crippen LogP contribution in [0.25, 0.3) is 22.4 Å². The molecule has 0 spiro atoms. The molecule has 4 aromatic rings. The Bertz CT molecular complexity index is 1970. The van der Waals surface area contributed by atoms with Gasteiger partial charge in [-0.3, -0.25) is 14.5 Å². The largest absolute Gasteiger partial charge is 0.481 e. The quantitative estimate of drug-likeness (QED) is 0.148. The van der Waals surface area contributed by atoms with Gasteiger partial charge in [-0.05, 0) is 48.1 Å². The first-order valence-electron chi connectivity index (χ1n) is 17.0. The molecule has 2 fully saturated rings. The minimum absolute atomic E-state index is 0.0989. The van der Waals surface area contributed by atoms with Crippen molar-refractivity contribution in [2.24, 2.45) is 5.92 Å². The Morgan fingerprint density at radius 1 is 0.941 bits per heavy atom. The van der Waals surface area contributed by atoms with Crippen LogP contribution in [0.2, 0.25) is 10.0 Å². The van der Waals surface area contributed by atoms with Crippen LogP contribution >= 0.6 is 23.2 Å². The molecule has 2 saturated heterocycles. The summed E-state index contributed by atoms with van der Waals surface area (Å²) in [7, 11) is 3.15. The molecule has 2 aromatic carbocycles. The van der Waals surface area contributed by atoms with E-state index in [9.17, 15) is 14.7 Å². The van der Waals surface area contributed by atoms with E-state index in [0.717, 1.165) is 58.2 Å². The van der Waals surface area contributed by atoms with Crippen LogP contribution in [0.4, 0.5) is 0 Å². The molecule has 266 valence electrons. The Hall–Kier alpha value is -4.42. The van der Waals surface area contributed by atoms with Crippen molar-refractivity contribution in [1.82, 2.24) is 25.5 Å². The maximum Gasteiger partial charge on any atom is 0.309 e. The number of aromatic nitrogens is 2. The van der Waals surface area contributed by atoms with E-state index in [1.165, 1.54) is 0 Å². The molecule has 2 atom stereocenters. The lowest BCUT2D eigenvalue weighted by Crippen LogP contribution is -2.49. The van der Waals surface area contributed by atoms with Gasteiger partial charge in [-0.15, -0.1) is 0 Å². The standard InChI is InChI=1S/C38H39Cl2N5O6/c1-49-35-21(16-41-17-24-10-14-33(46)42-24)9-12-31(43-35)29-8-4-7-28(34(29)40)25-5-3-6-27-26(25)11-13-32(27)51-37-30(39)15-22(36(44-37)50-2)18-45-19-23(20-45)38(47)48/h3-9,12,15,23-24,32,41H,10-11,13-14,16-20H2,1-2H3,(H,42,46)(H,47,48)/t24-,32-/m0/s1. The smallest absolute Gasteiger partial charge is 0.309 e. The van der Waals surface area contributed by atoms with Crippen molar-refractivity contribution >= 4 is 35.1 Å². The third kappa shape index (κ3) is 7.34. The summed E-state index contributed by atoms with van der Waals surface area (Å²) in [6.45, 7) is 2.67. The van der Waals surface area contributed by atoms with Crippen LogP contribution in [0, 0.1) is 5.92 Å². The van der Waals surface area contributed by atoms with E-state index in [4.69, 9.17) is 42.4 Å². The molecule has 0 saturated carbocycles. The number of nitrogens with one attached hydrogen (secondary N) is 2. The number of halogens is 2. The van der Waals surface area contributed by atoms with Gasteiger partial charge in [0.1, 0.15) is 11.1 Å². The van der Waals surface area contributed by atoms with Gasteiger partial charge in [0.25, 0.3) is 0 Å². The van der Waals surface area contributed by atoms with E-state index >= 15 is 0 Å². The summed E-state index contributed by atoms with van der Waals surface area (Å²) in [5, 5.41) is 16.6. The Morgan fingerprint density at radius 2 is 1.69 bits per heavy atom. The van der Waals surface area contributed by atoms with Crippen molar-refractivity contribution in [2.75, 3.05) is 33.9 Å². The normalized spacial score (nSPS) is 18.6. The molecule has 51 heavy (non-hydrogen) atoms. The number of amides is 1.